The third-order valence-electron chi connectivity index (χ3n) is 7.50. The molecule has 9 nitrogen and oxygen atoms in total. The van der Waals surface area contributed by atoms with Gasteiger partial charge in [0.1, 0.15) is 11.8 Å². The van der Waals surface area contributed by atoms with Gasteiger partial charge in [-0.15, -0.1) is 0 Å². The number of amides is 1. The topological polar surface area (TPSA) is 127 Å². The lowest BCUT2D eigenvalue weighted by atomic mass is 10.0. The molecule has 1 atom stereocenters. The summed E-state index contributed by atoms with van der Waals surface area (Å²) in [6.07, 6.45) is 6.93. The monoisotopic (exact) mass is 655 g/mol. The summed E-state index contributed by atoms with van der Waals surface area (Å²) in [4.78, 5) is 43.0. The van der Waals surface area contributed by atoms with Gasteiger partial charge in [-0.3, -0.25) is 24.7 Å². The van der Waals surface area contributed by atoms with E-state index in [1.165, 1.54) is 13.2 Å². The van der Waals surface area contributed by atoms with Crippen LogP contribution in [0.25, 0.3) is 22.8 Å². The van der Waals surface area contributed by atoms with E-state index in [0.29, 0.717) is 33.6 Å². The van der Waals surface area contributed by atoms with E-state index in [0.717, 1.165) is 22.5 Å². The molecule has 4 heterocycles. The molecule has 0 spiro atoms. The summed E-state index contributed by atoms with van der Waals surface area (Å²) in [7, 11) is 1.27. The van der Waals surface area contributed by atoms with Crippen LogP contribution in [0.2, 0.25) is 0 Å². The molecule has 6 rings (SSSR count). The molecule has 0 unspecified atom stereocenters. The fraction of sp³-hybridized carbons (Fsp3) is 0.0732. The first-order valence-corrected chi connectivity index (χ1v) is 15.5. The molecule has 0 bridgehead atoms. The van der Waals surface area contributed by atoms with Crippen molar-refractivity contribution in [2.45, 2.75) is 12.5 Å². The normalized spacial score (nSPS) is 10.8. The highest BCUT2D eigenvalue weighted by molar-refractivity contribution is 5.96. The molecule has 50 heavy (non-hydrogen) atoms. The van der Waals surface area contributed by atoms with Crippen molar-refractivity contribution in [3.05, 3.63) is 161 Å². The number of carbonyl (C=O) groups is 2. The molecule has 0 aliphatic carbocycles. The van der Waals surface area contributed by atoms with Crippen LogP contribution in [0.5, 0.6) is 5.75 Å². The van der Waals surface area contributed by atoms with Gasteiger partial charge in [0.25, 0.3) is 5.91 Å². The average Bonchev–Trinajstić information content (AvgIpc) is 3.18. The zero-order valence-corrected chi connectivity index (χ0v) is 26.9. The fourth-order valence-corrected chi connectivity index (χ4v) is 4.87. The lowest BCUT2D eigenvalue weighted by Crippen LogP contribution is -2.43. The summed E-state index contributed by atoms with van der Waals surface area (Å²) in [5.74, 6) is 11.2. The number of rotatable bonds is 7. The molecule has 0 fully saturated rings. The quantitative estimate of drug-likeness (QED) is 0.168. The number of aromatic hydroxyl groups is 1. The number of methoxy groups -OCH3 is 1. The number of esters is 1. The van der Waals surface area contributed by atoms with Gasteiger partial charge < -0.3 is 15.2 Å². The van der Waals surface area contributed by atoms with Crippen LogP contribution >= 0.6 is 0 Å². The lowest BCUT2D eigenvalue weighted by Gasteiger charge is -2.17. The van der Waals surface area contributed by atoms with Crippen molar-refractivity contribution in [2.75, 3.05) is 7.11 Å². The number of nitrogens with zero attached hydrogens (tertiary/aromatic N) is 4. The van der Waals surface area contributed by atoms with E-state index in [9.17, 15) is 14.7 Å². The Hall–Kier alpha value is -7.10. The van der Waals surface area contributed by atoms with Crippen molar-refractivity contribution in [1.29, 1.82) is 0 Å². The molecule has 1 amide bonds. The number of carbonyl (C=O) groups excluding carboxylic acids is 2. The Morgan fingerprint density at radius 2 is 1.24 bits per heavy atom. The van der Waals surface area contributed by atoms with Gasteiger partial charge in [-0.25, -0.2) is 4.79 Å². The first kappa shape index (κ1) is 32.8. The molecule has 2 N–H and O–H groups in total. The van der Waals surface area contributed by atoms with Crippen molar-refractivity contribution in [3.63, 3.8) is 0 Å². The maximum atomic E-state index is 12.7. The van der Waals surface area contributed by atoms with Crippen LogP contribution < -0.4 is 5.32 Å². The third-order valence-corrected chi connectivity index (χ3v) is 7.50. The Morgan fingerprint density at radius 1 is 0.680 bits per heavy atom. The number of ether oxygens (including phenoxy) is 1. The fourth-order valence-electron chi connectivity index (χ4n) is 4.87. The van der Waals surface area contributed by atoms with E-state index in [1.54, 1.807) is 67.3 Å². The number of benzene rings is 2. The summed E-state index contributed by atoms with van der Waals surface area (Å²) in [6.45, 7) is 0. The number of aromatic nitrogens is 4. The number of hydrogen-bond donors (Lipinski definition) is 2. The highest BCUT2D eigenvalue weighted by Gasteiger charge is 2.23. The van der Waals surface area contributed by atoms with E-state index in [4.69, 9.17) is 4.74 Å². The Bertz CT molecular complexity index is 2240. The minimum atomic E-state index is -0.933. The van der Waals surface area contributed by atoms with E-state index < -0.39 is 17.9 Å². The van der Waals surface area contributed by atoms with E-state index in [1.807, 2.05) is 54.6 Å². The second-order valence-corrected chi connectivity index (χ2v) is 11.0. The van der Waals surface area contributed by atoms with Crippen molar-refractivity contribution >= 4 is 11.9 Å². The van der Waals surface area contributed by atoms with E-state index in [2.05, 4.69) is 48.9 Å². The number of nitrogens with one attached hydrogen (secondary N) is 1. The Labute approximate surface area is 289 Å². The maximum absolute atomic E-state index is 12.7. The molecular weight excluding hydrogens is 626 g/mol. The first-order chi connectivity index (χ1) is 24.4. The molecule has 0 saturated carbocycles. The van der Waals surface area contributed by atoms with Crippen LogP contribution in [0.4, 0.5) is 0 Å². The molecule has 2 aromatic carbocycles. The molecule has 0 aliphatic heterocycles. The van der Waals surface area contributed by atoms with Crippen LogP contribution in [0.1, 0.15) is 38.2 Å². The van der Waals surface area contributed by atoms with Gasteiger partial charge in [0, 0.05) is 53.5 Å². The SMILES string of the molecule is COC(=O)[C@H](Cc1ccc(O)c(C#Cc2ccc(-c3ccc(C#Cc4ccc(-c5ccccn5)nc4)cn3)nc2)c1)NC(=O)c1ccccc1. The summed E-state index contributed by atoms with van der Waals surface area (Å²) >= 11 is 0. The van der Waals surface area contributed by atoms with Crippen LogP contribution in [-0.4, -0.2) is 50.1 Å². The number of phenols is 1. The van der Waals surface area contributed by atoms with Gasteiger partial charge in [-0.1, -0.05) is 54.0 Å². The second kappa shape index (κ2) is 15.7. The van der Waals surface area contributed by atoms with Gasteiger partial charge in [-0.2, -0.15) is 0 Å². The standard InChI is InChI=1S/C41H29N5O4/c1-50-41(49)38(46-40(48)32-7-3-2-4-8-32)24-31-16-21-39(47)33(23-31)17-12-30-15-20-37(45-27-30)36-19-14-29(26-44-36)11-10-28-13-18-35(43-25-28)34-9-5-6-22-42-34/h2-9,13-16,18-23,25-27,38,47H,24H2,1H3,(H,46,48)/t38-/m0/s1. The van der Waals surface area contributed by atoms with Gasteiger partial charge in [0.15, 0.2) is 0 Å². The molecule has 0 saturated heterocycles. The van der Waals surface area contributed by atoms with E-state index in [-0.39, 0.29) is 12.2 Å². The molecule has 6 aromatic rings. The van der Waals surface area contributed by atoms with Crippen molar-refractivity contribution in [2.24, 2.45) is 0 Å². The highest BCUT2D eigenvalue weighted by Crippen LogP contribution is 2.20. The molecule has 0 aliphatic rings. The molecule has 9 heteroatoms. The molecule has 242 valence electrons. The largest absolute Gasteiger partial charge is 0.507 e. The van der Waals surface area contributed by atoms with Gasteiger partial charge in [0.2, 0.25) is 0 Å². The van der Waals surface area contributed by atoms with Crippen molar-refractivity contribution in [1.82, 2.24) is 25.3 Å². The molecule has 0 radical (unpaired) electrons. The zero-order chi connectivity index (χ0) is 34.7. The Kier molecular flexibility index (Phi) is 10.3. The summed E-state index contributed by atoms with van der Waals surface area (Å²) in [6, 6.07) is 29.4. The maximum Gasteiger partial charge on any atom is 0.328 e. The number of phenolic OH excluding ortho intramolecular Hbond substituents is 1. The van der Waals surface area contributed by atoms with Crippen molar-refractivity contribution in [3.8, 4) is 52.2 Å². The summed E-state index contributed by atoms with van der Waals surface area (Å²) < 4.78 is 4.92. The summed E-state index contributed by atoms with van der Waals surface area (Å²) in [5.41, 5.74) is 6.57. The Balaban J connectivity index is 1.10. The lowest BCUT2D eigenvalue weighted by molar-refractivity contribution is -0.142. The van der Waals surface area contributed by atoms with Gasteiger partial charge in [0.05, 0.1) is 35.4 Å². The third kappa shape index (κ3) is 8.43. The van der Waals surface area contributed by atoms with Gasteiger partial charge >= 0.3 is 5.97 Å². The minimum absolute atomic E-state index is 0.0149. The van der Waals surface area contributed by atoms with Gasteiger partial charge in [-0.05, 0) is 78.4 Å². The first-order valence-electron chi connectivity index (χ1n) is 15.5. The van der Waals surface area contributed by atoms with Crippen LogP contribution in [0.15, 0.2) is 128 Å². The zero-order valence-electron chi connectivity index (χ0n) is 26.9. The van der Waals surface area contributed by atoms with Crippen molar-refractivity contribution < 1.29 is 19.4 Å². The van der Waals surface area contributed by atoms with E-state index >= 15 is 0 Å². The second-order valence-electron chi connectivity index (χ2n) is 11.0. The summed E-state index contributed by atoms with van der Waals surface area (Å²) in [5, 5.41) is 13.2. The van der Waals surface area contributed by atoms with Crippen LogP contribution in [0.3, 0.4) is 0 Å². The predicted molar refractivity (Wildman–Crippen MR) is 188 cm³/mol. The molecule has 4 aromatic heterocycles. The predicted octanol–water partition coefficient (Wildman–Crippen LogP) is 5.62. The number of hydrogen-bond acceptors (Lipinski definition) is 8. The number of pyridine rings is 4. The minimum Gasteiger partial charge on any atom is -0.507 e. The Morgan fingerprint density at radius 3 is 1.76 bits per heavy atom. The van der Waals surface area contributed by atoms with Crippen LogP contribution in [-0.2, 0) is 16.0 Å². The molecular formula is C41H29N5O4. The highest BCUT2D eigenvalue weighted by atomic mass is 16.5. The average molecular weight is 656 g/mol. The smallest absolute Gasteiger partial charge is 0.328 e. The van der Waals surface area contributed by atoms with Crippen LogP contribution in [0, 0.1) is 23.7 Å².